The third kappa shape index (κ3) is 3.78. The number of hydrogen-bond acceptors (Lipinski definition) is 1. The quantitative estimate of drug-likeness (QED) is 0.828. The van der Waals surface area contributed by atoms with Gasteiger partial charge in [0.05, 0.1) is 6.04 Å². The van der Waals surface area contributed by atoms with Gasteiger partial charge in [-0.1, -0.05) is 24.3 Å². The molecular weight excluding hydrogens is 271 g/mol. The molecule has 2 rings (SSSR count). The van der Waals surface area contributed by atoms with Gasteiger partial charge in [-0.15, -0.1) is 0 Å². The van der Waals surface area contributed by atoms with Crippen molar-refractivity contribution in [1.82, 2.24) is 5.32 Å². The van der Waals surface area contributed by atoms with Crippen molar-refractivity contribution in [3.8, 4) is 0 Å². The highest BCUT2D eigenvalue weighted by atomic mass is 32.1. The van der Waals surface area contributed by atoms with Crippen molar-refractivity contribution >= 4 is 23.0 Å². The van der Waals surface area contributed by atoms with E-state index in [1.165, 1.54) is 23.3 Å². The molecule has 0 aromatic heterocycles. The number of aryl methyl sites for hydroxylation is 1. The first kappa shape index (κ1) is 14.5. The van der Waals surface area contributed by atoms with E-state index in [0.29, 0.717) is 5.11 Å². The fourth-order valence-corrected chi connectivity index (χ4v) is 2.34. The highest BCUT2D eigenvalue weighted by Gasteiger charge is 2.09. The topological polar surface area (TPSA) is 24.1 Å². The molecule has 1 atom stereocenters. The van der Waals surface area contributed by atoms with Crippen molar-refractivity contribution in [1.29, 1.82) is 0 Å². The minimum atomic E-state index is -0.261. The zero-order valence-corrected chi connectivity index (χ0v) is 12.3. The molecule has 2 nitrogen and oxygen atoms in total. The van der Waals surface area contributed by atoms with Gasteiger partial charge in [0.15, 0.2) is 5.11 Å². The van der Waals surface area contributed by atoms with E-state index in [2.05, 4.69) is 36.6 Å². The maximum atomic E-state index is 12.8. The van der Waals surface area contributed by atoms with E-state index >= 15 is 0 Å². The van der Waals surface area contributed by atoms with Crippen molar-refractivity contribution < 1.29 is 4.39 Å². The summed E-state index contributed by atoms with van der Waals surface area (Å²) in [6.07, 6.45) is 0. The Labute approximate surface area is 124 Å². The zero-order valence-electron chi connectivity index (χ0n) is 11.5. The number of halogens is 1. The molecule has 0 aliphatic heterocycles. The number of anilines is 1. The SMILES string of the molecule is Cc1ccccc1[C@@H](C)NC(=S)Nc1ccc(F)cc1. The van der Waals surface area contributed by atoms with Gasteiger partial charge >= 0.3 is 0 Å². The number of thiocarbonyl (C=S) groups is 1. The normalized spacial score (nSPS) is 11.8. The summed E-state index contributed by atoms with van der Waals surface area (Å²) in [7, 11) is 0. The first-order valence-electron chi connectivity index (χ1n) is 6.45. The third-order valence-electron chi connectivity index (χ3n) is 3.10. The summed E-state index contributed by atoms with van der Waals surface area (Å²) in [6, 6.07) is 14.4. The molecule has 4 heteroatoms. The molecule has 0 saturated carbocycles. The van der Waals surface area contributed by atoms with Crippen LogP contribution >= 0.6 is 12.2 Å². The van der Waals surface area contributed by atoms with Crippen LogP contribution in [0.3, 0.4) is 0 Å². The van der Waals surface area contributed by atoms with Gasteiger partial charge in [-0.2, -0.15) is 0 Å². The molecule has 20 heavy (non-hydrogen) atoms. The van der Waals surface area contributed by atoms with Crippen LogP contribution in [-0.2, 0) is 0 Å². The summed E-state index contributed by atoms with van der Waals surface area (Å²) < 4.78 is 12.8. The second-order valence-corrected chi connectivity index (χ2v) is 5.09. The number of rotatable bonds is 3. The average Bonchev–Trinajstić information content (AvgIpc) is 2.41. The Morgan fingerprint density at radius 3 is 2.40 bits per heavy atom. The van der Waals surface area contributed by atoms with Crippen LogP contribution in [0.2, 0.25) is 0 Å². The van der Waals surface area contributed by atoms with Crippen molar-refractivity contribution in [3.63, 3.8) is 0 Å². The predicted octanol–water partition coefficient (Wildman–Crippen LogP) is 4.18. The molecule has 0 aliphatic carbocycles. The third-order valence-corrected chi connectivity index (χ3v) is 3.32. The Morgan fingerprint density at radius 2 is 1.75 bits per heavy atom. The summed E-state index contributed by atoms with van der Waals surface area (Å²) >= 11 is 5.27. The molecule has 0 bridgehead atoms. The number of nitrogens with one attached hydrogen (secondary N) is 2. The molecule has 0 heterocycles. The maximum Gasteiger partial charge on any atom is 0.171 e. The highest BCUT2D eigenvalue weighted by molar-refractivity contribution is 7.80. The Bertz CT molecular complexity index is 596. The lowest BCUT2D eigenvalue weighted by molar-refractivity contribution is 0.628. The lowest BCUT2D eigenvalue weighted by Gasteiger charge is -2.19. The molecule has 0 amide bonds. The van der Waals surface area contributed by atoms with Crippen molar-refractivity contribution in [2.45, 2.75) is 19.9 Å². The van der Waals surface area contributed by atoms with Crippen LogP contribution in [0.25, 0.3) is 0 Å². The van der Waals surface area contributed by atoms with E-state index in [4.69, 9.17) is 12.2 Å². The van der Waals surface area contributed by atoms with Crippen molar-refractivity contribution in [2.75, 3.05) is 5.32 Å². The monoisotopic (exact) mass is 288 g/mol. The van der Waals surface area contributed by atoms with Gasteiger partial charge in [0.25, 0.3) is 0 Å². The van der Waals surface area contributed by atoms with E-state index in [9.17, 15) is 4.39 Å². The molecular formula is C16H17FN2S. The minimum Gasteiger partial charge on any atom is -0.356 e. The van der Waals surface area contributed by atoms with Gasteiger partial charge in [0.2, 0.25) is 0 Å². The first-order chi connectivity index (χ1) is 9.56. The molecule has 2 aromatic rings. The number of benzene rings is 2. The van der Waals surface area contributed by atoms with E-state index < -0.39 is 0 Å². The smallest absolute Gasteiger partial charge is 0.171 e. The maximum absolute atomic E-state index is 12.8. The van der Waals surface area contributed by atoms with Crippen LogP contribution < -0.4 is 10.6 Å². The highest BCUT2D eigenvalue weighted by Crippen LogP contribution is 2.17. The van der Waals surface area contributed by atoms with Crippen LogP contribution in [0.4, 0.5) is 10.1 Å². The largest absolute Gasteiger partial charge is 0.356 e. The second kappa shape index (κ2) is 6.48. The van der Waals surface area contributed by atoms with Gasteiger partial charge in [-0.05, 0) is 61.5 Å². The van der Waals surface area contributed by atoms with E-state index in [-0.39, 0.29) is 11.9 Å². The van der Waals surface area contributed by atoms with Gasteiger partial charge in [0.1, 0.15) is 5.82 Å². The first-order valence-corrected chi connectivity index (χ1v) is 6.85. The summed E-state index contributed by atoms with van der Waals surface area (Å²) in [5.74, 6) is -0.261. The van der Waals surface area contributed by atoms with Crippen LogP contribution in [0.1, 0.15) is 24.1 Å². The fraction of sp³-hybridized carbons (Fsp3) is 0.188. The van der Waals surface area contributed by atoms with Gasteiger partial charge in [-0.25, -0.2) is 4.39 Å². The van der Waals surface area contributed by atoms with Crippen molar-refractivity contribution in [2.24, 2.45) is 0 Å². The molecule has 2 N–H and O–H groups in total. The van der Waals surface area contributed by atoms with E-state index in [1.807, 2.05) is 12.1 Å². The lowest BCUT2D eigenvalue weighted by Crippen LogP contribution is -2.31. The number of hydrogen-bond donors (Lipinski definition) is 2. The van der Waals surface area contributed by atoms with Crippen LogP contribution in [-0.4, -0.2) is 5.11 Å². The summed E-state index contributed by atoms with van der Waals surface area (Å²) in [4.78, 5) is 0. The molecule has 0 spiro atoms. The van der Waals surface area contributed by atoms with Crippen molar-refractivity contribution in [3.05, 3.63) is 65.5 Å². The Kier molecular flexibility index (Phi) is 4.69. The van der Waals surface area contributed by atoms with Crippen LogP contribution in [0.15, 0.2) is 48.5 Å². The summed E-state index contributed by atoms with van der Waals surface area (Å²) in [5, 5.41) is 6.79. The van der Waals surface area contributed by atoms with Gasteiger partial charge in [0, 0.05) is 5.69 Å². The van der Waals surface area contributed by atoms with Gasteiger partial charge in [-0.3, -0.25) is 0 Å². The lowest BCUT2D eigenvalue weighted by atomic mass is 10.0. The molecule has 0 saturated heterocycles. The summed E-state index contributed by atoms with van der Waals surface area (Å²) in [6.45, 7) is 4.13. The Morgan fingerprint density at radius 1 is 1.10 bits per heavy atom. The second-order valence-electron chi connectivity index (χ2n) is 4.68. The average molecular weight is 288 g/mol. The van der Waals surface area contributed by atoms with E-state index in [0.717, 1.165) is 5.69 Å². The predicted molar refractivity (Wildman–Crippen MR) is 85.4 cm³/mol. The zero-order chi connectivity index (χ0) is 14.5. The summed E-state index contributed by atoms with van der Waals surface area (Å²) in [5.41, 5.74) is 3.19. The Hall–Kier alpha value is -1.94. The Balaban J connectivity index is 1.98. The van der Waals surface area contributed by atoms with Crippen LogP contribution in [0, 0.1) is 12.7 Å². The minimum absolute atomic E-state index is 0.108. The van der Waals surface area contributed by atoms with E-state index in [1.54, 1.807) is 12.1 Å². The molecule has 0 fully saturated rings. The molecule has 0 radical (unpaired) electrons. The fourth-order valence-electron chi connectivity index (χ4n) is 2.05. The van der Waals surface area contributed by atoms with Crippen LogP contribution in [0.5, 0.6) is 0 Å². The molecule has 0 unspecified atom stereocenters. The standard InChI is InChI=1S/C16H17FN2S/c1-11-5-3-4-6-15(11)12(2)18-16(20)19-14-9-7-13(17)8-10-14/h3-10,12H,1-2H3,(H2,18,19,20)/t12-/m1/s1. The molecule has 104 valence electrons. The molecule has 0 aliphatic rings. The molecule has 2 aromatic carbocycles. The van der Waals surface area contributed by atoms with Gasteiger partial charge < -0.3 is 10.6 Å².